The van der Waals surface area contributed by atoms with Gasteiger partial charge in [0, 0.05) is 37.1 Å². The molecule has 2 N–H and O–H groups in total. The molecule has 1 heterocycles. The van der Waals surface area contributed by atoms with Crippen molar-refractivity contribution < 1.29 is 5.11 Å². The zero-order chi connectivity index (χ0) is 12.7. The Bertz CT molecular complexity index is 312. The van der Waals surface area contributed by atoms with Crippen molar-refractivity contribution in [3.63, 3.8) is 0 Å². The highest BCUT2D eigenvalue weighted by atomic mass is 16.2. The van der Waals surface area contributed by atoms with Gasteiger partial charge in [0.05, 0.1) is 0 Å². The van der Waals surface area contributed by atoms with Gasteiger partial charge in [0.2, 0.25) is 0 Å². The normalized spacial score (nSPS) is 12.0. The standard InChI is InChI=1S/C14H26N2O/c1-14(2,3)15-12-13-8-7-10-16(13)9-5-4-6-11-17/h7-8,10,15,17H,4-6,9,11-12H2,1-3H3. The Morgan fingerprint density at radius 3 is 2.65 bits per heavy atom. The molecule has 0 radical (unpaired) electrons. The number of hydrogen-bond acceptors (Lipinski definition) is 2. The van der Waals surface area contributed by atoms with E-state index in [0.717, 1.165) is 32.4 Å². The van der Waals surface area contributed by atoms with Crippen molar-refractivity contribution in [3.8, 4) is 0 Å². The summed E-state index contributed by atoms with van der Waals surface area (Å²) in [6.45, 7) is 8.82. The molecule has 3 heteroatoms. The minimum absolute atomic E-state index is 0.159. The van der Waals surface area contributed by atoms with Gasteiger partial charge in [-0.2, -0.15) is 0 Å². The molecular formula is C14H26N2O. The number of aliphatic hydroxyl groups excluding tert-OH is 1. The molecule has 0 aliphatic carbocycles. The number of nitrogens with one attached hydrogen (secondary N) is 1. The summed E-state index contributed by atoms with van der Waals surface area (Å²) in [5.41, 5.74) is 1.50. The lowest BCUT2D eigenvalue weighted by Crippen LogP contribution is -2.35. The summed E-state index contributed by atoms with van der Waals surface area (Å²) in [7, 11) is 0. The van der Waals surface area contributed by atoms with Crippen LogP contribution in [0, 0.1) is 0 Å². The van der Waals surface area contributed by atoms with E-state index in [9.17, 15) is 0 Å². The second-order valence-electron chi connectivity index (χ2n) is 5.58. The van der Waals surface area contributed by atoms with Crippen LogP contribution in [0.3, 0.4) is 0 Å². The second kappa shape index (κ2) is 6.82. The third-order valence-corrected chi connectivity index (χ3v) is 2.78. The quantitative estimate of drug-likeness (QED) is 0.716. The SMILES string of the molecule is CC(C)(C)NCc1cccn1CCCCCO. The van der Waals surface area contributed by atoms with E-state index < -0.39 is 0 Å². The van der Waals surface area contributed by atoms with E-state index in [1.807, 2.05) is 0 Å². The maximum absolute atomic E-state index is 8.74. The smallest absolute Gasteiger partial charge is 0.0431 e. The number of nitrogens with zero attached hydrogens (tertiary/aromatic N) is 1. The summed E-state index contributed by atoms with van der Waals surface area (Å²) in [5.74, 6) is 0. The van der Waals surface area contributed by atoms with Crippen LogP contribution >= 0.6 is 0 Å². The summed E-state index contributed by atoms with van der Waals surface area (Å²) in [5, 5.41) is 12.2. The largest absolute Gasteiger partial charge is 0.396 e. The van der Waals surface area contributed by atoms with Crippen molar-refractivity contribution in [2.24, 2.45) is 0 Å². The van der Waals surface area contributed by atoms with Gasteiger partial charge in [-0.25, -0.2) is 0 Å². The first kappa shape index (κ1) is 14.3. The van der Waals surface area contributed by atoms with Crippen LogP contribution in [0.5, 0.6) is 0 Å². The topological polar surface area (TPSA) is 37.2 Å². The minimum atomic E-state index is 0.159. The van der Waals surface area contributed by atoms with Crippen molar-refractivity contribution >= 4 is 0 Å². The first-order valence-corrected chi connectivity index (χ1v) is 6.53. The molecule has 0 aromatic carbocycles. The van der Waals surface area contributed by atoms with Crippen molar-refractivity contribution in [3.05, 3.63) is 24.0 Å². The van der Waals surface area contributed by atoms with Gasteiger partial charge >= 0.3 is 0 Å². The number of unbranched alkanes of at least 4 members (excludes halogenated alkanes) is 2. The molecule has 1 aromatic heterocycles. The van der Waals surface area contributed by atoms with Gasteiger partial charge in [-0.15, -0.1) is 0 Å². The third-order valence-electron chi connectivity index (χ3n) is 2.78. The van der Waals surface area contributed by atoms with Gasteiger partial charge in [0.1, 0.15) is 0 Å². The molecule has 0 fully saturated rings. The summed E-state index contributed by atoms with van der Waals surface area (Å²) >= 11 is 0. The average Bonchev–Trinajstić information content (AvgIpc) is 2.68. The maximum atomic E-state index is 8.74. The first-order chi connectivity index (χ1) is 8.03. The van der Waals surface area contributed by atoms with Gasteiger partial charge in [0.25, 0.3) is 0 Å². The zero-order valence-electron chi connectivity index (χ0n) is 11.4. The number of rotatable bonds is 7. The third kappa shape index (κ3) is 5.89. The predicted octanol–water partition coefficient (Wildman–Crippen LogP) is 2.54. The number of hydrogen-bond donors (Lipinski definition) is 2. The van der Waals surface area contributed by atoms with E-state index in [0.29, 0.717) is 6.61 Å². The van der Waals surface area contributed by atoms with Crippen LogP contribution in [0.4, 0.5) is 0 Å². The molecule has 98 valence electrons. The lowest BCUT2D eigenvalue weighted by molar-refractivity contribution is 0.281. The van der Waals surface area contributed by atoms with Gasteiger partial charge in [0.15, 0.2) is 0 Å². The zero-order valence-corrected chi connectivity index (χ0v) is 11.4. The Balaban J connectivity index is 2.37. The number of aryl methyl sites for hydroxylation is 1. The molecule has 1 aromatic rings. The molecule has 0 atom stereocenters. The minimum Gasteiger partial charge on any atom is -0.396 e. The van der Waals surface area contributed by atoms with Crippen molar-refractivity contribution in [1.82, 2.24) is 9.88 Å². The van der Waals surface area contributed by atoms with Crippen LogP contribution in [0.25, 0.3) is 0 Å². The van der Waals surface area contributed by atoms with Gasteiger partial charge in [-0.1, -0.05) is 0 Å². The van der Waals surface area contributed by atoms with E-state index in [1.54, 1.807) is 0 Å². The number of aromatic nitrogens is 1. The highest BCUT2D eigenvalue weighted by molar-refractivity contribution is 5.07. The highest BCUT2D eigenvalue weighted by Gasteiger charge is 2.09. The van der Waals surface area contributed by atoms with Crippen LogP contribution in [0.2, 0.25) is 0 Å². The van der Waals surface area contributed by atoms with E-state index >= 15 is 0 Å². The molecule has 0 unspecified atom stereocenters. The number of aliphatic hydroxyl groups is 1. The van der Waals surface area contributed by atoms with E-state index in [-0.39, 0.29) is 5.54 Å². The molecule has 0 saturated carbocycles. The lowest BCUT2D eigenvalue weighted by Gasteiger charge is -2.21. The van der Waals surface area contributed by atoms with Crippen LogP contribution in [-0.2, 0) is 13.1 Å². The molecule has 0 saturated heterocycles. The van der Waals surface area contributed by atoms with Crippen LogP contribution in [0.1, 0.15) is 45.7 Å². The van der Waals surface area contributed by atoms with Gasteiger partial charge in [-0.3, -0.25) is 0 Å². The molecule has 1 rings (SSSR count). The van der Waals surface area contributed by atoms with E-state index in [2.05, 4.69) is 49.0 Å². The van der Waals surface area contributed by atoms with Crippen LogP contribution in [-0.4, -0.2) is 21.8 Å². The van der Waals surface area contributed by atoms with Crippen molar-refractivity contribution in [2.75, 3.05) is 6.61 Å². The highest BCUT2D eigenvalue weighted by Crippen LogP contribution is 2.08. The summed E-state index contributed by atoms with van der Waals surface area (Å²) in [4.78, 5) is 0. The lowest BCUT2D eigenvalue weighted by atomic mass is 10.1. The molecule has 0 bridgehead atoms. The van der Waals surface area contributed by atoms with Crippen molar-refractivity contribution in [1.29, 1.82) is 0 Å². The van der Waals surface area contributed by atoms with E-state index in [1.165, 1.54) is 5.69 Å². The maximum Gasteiger partial charge on any atom is 0.0431 e. The Hall–Kier alpha value is -0.800. The fourth-order valence-electron chi connectivity index (χ4n) is 1.75. The molecular weight excluding hydrogens is 212 g/mol. The van der Waals surface area contributed by atoms with Crippen LogP contribution < -0.4 is 5.32 Å². The van der Waals surface area contributed by atoms with Gasteiger partial charge in [-0.05, 0) is 52.2 Å². The Morgan fingerprint density at radius 1 is 1.24 bits per heavy atom. The molecule has 0 aliphatic rings. The van der Waals surface area contributed by atoms with Crippen molar-refractivity contribution in [2.45, 2.75) is 58.7 Å². The monoisotopic (exact) mass is 238 g/mol. The average molecular weight is 238 g/mol. The Morgan fingerprint density at radius 2 is 2.00 bits per heavy atom. The molecule has 0 aliphatic heterocycles. The molecule has 0 amide bonds. The summed E-state index contributed by atoms with van der Waals surface area (Å²) < 4.78 is 2.30. The Labute approximate surface area is 105 Å². The van der Waals surface area contributed by atoms with Crippen LogP contribution in [0.15, 0.2) is 18.3 Å². The molecule has 0 spiro atoms. The van der Waals surface area contributed by atoms with E-state index in [4.69, 9.17) is 5.11 Å². The molecule has 3 nitrogen and oxygen atoms in total. The summed E-state index contributed by atoms with van der Waals surface area (Å²) in [6.07, 6.45) is 5.29. The summed E-state index contributed by atoms with van der Waals surface area (Å²) in [6, 6.07) is 4.27. The fourth-order valence-corrected chi connectivity index (χ4v) is 1.75. The first-order valence-electron chi connectivity index (χ1n) is 6.53. The fraction of sp³-hybridized carbons (Fsp3) is 0.714. The predicted molar refractivity (Wildman–Crippen MR) is 72.0 cm³/mol. The Kier molecular flexibility index (Phi) is 5.72. The van der Waals surface area contributed by atoms with Gasteiger partial charge < -0.3 is 15.0 Å². The molecule has 17 heavy (non-hydrogen) atoms. The second-order valence-corrected chi connectivity index (χ2v) is 5.58.